The smallest absolute Gasteiger partial charge is 0.287 e. The molecule has 1 aliphatic rings. The molecule has 6 nitrogen and oxygen atoms in total. The van der Waals surface area contributed by atoms with Gasteiger partial charge in [0.05, 0.1) is 12.7 Å². The van der Waals surface area contributed by atoms with Crippen molar-refractivity contribution in [3.8, 4) is 5.75 Å². The predicted octanol–water partition coefficient (Wildman–Crippen LogP) is 3.04. The van der Waals surface area contributed by atoms with Crippen LogP contribution in [-0.4, -0.2) is 31.1 Å². The lowest BCUT2D eigenvalue weighted by Gasteiger charge is -2.11. The molecular formula is C22H17NO5. The third-order valence-corrected chi connectivity index (χ3v) is 4.68. The molecule has 0 radical (unpaired) electrons. The number of hydrogen-bond acceptors (Lipinski definition) is 5. The predicted molar refractivity (Wildman–Crippen MR) is 101 cm³/mol. The van der Waals surface area contributed by atoms with Gasteiger partial charge in [-0.3, -0.25) is 14.4 Å². The van der Waals surface area contributed by atoms with Gasteiger partial charge in [0.15, 0.2) is 17.3 Å². The molecule has 1 N–H and O–H groups in total. The number of ketones is 2. The zero-order valence-electron chi connectivity index (χ0n) is 15.2. The molecule has 0 fully saturated rings. The van der Waals surface area contributed by atoms with Gasteiger partial charge in [-0.05, 0) is 24.1 Å². The van der Waals surface area contributed by atoms with Crippen LogP contribution in [0.15, 0.2) is 59.0 Å². The number of carbonyl (C=O) groups excluding carboxylic acids is 3. The lowest BCUT2D eigenvalue weighted by Crippen LogP contribution is -2.25. The number of methoxy groups -OCH3 is 1. The molecule has 1 aromatic heterocycles. The Morgan fingerprint density at radius 1 is 0.964 bits per heavy atom. The minimum atomic E-state index is -0.465. The van der Waals surface area contributed by atoms with E-state index >= 15 is 0 Å². The van der Waals surface area contributed by atoms with E-state index in [1.807, 2.05) is 24.3 Å². The van der Waals surface area contributed by atoms with Crippen molar-refractivity contribution in [2.24, 2.45) is 0 Å². The fourth-order valence-electron chi connectivity index (χ4n) is 3.19. The van der Waals surface area contributed by atoms with Crippen LogP contribution < -0.4 is 10.1 Å². The van der Waals surface area contributed by atoms with Crippen molar-refractivity contribution in [3.05, 3.63) is 88.4 Å². The summed E-state index contributed by atoms with van der Waals surface area (Å²) < 4.78 is 10.6. The molecule has 0 saturated carbocycles. The fourth-order valence-corrected chi connectivity index (χ4v) is 3.19. The summed E-state index contributed by atoms with van der Waals surface area (Å²) in [5.74, 6) is -0.524. The summed E-state index contributed by atoms with van der Waals surface area (Å²) in [5.41, 5.74) is 1.79. The van der Waals surface area contributed by atoms with Crippen LogP contribution in [0.25, 0.3) is 0 Å². The Kier molecular flexibility index (Phi) is 4.53. The molecule has 1 heterocycles. The van der Waals surface area contributed by atoms with Gasteiger partial charge in [0, 0.05) is 23.7 Å². The van der Waals surface area contributed by atoms with E-state index in [4.69, 9.17) is 9.15 Å². The third kappa shape index (κ3) is 3.09. The molecule has 1 amide bonds. The van der Waals surface area contributed by atoms with Crippen molar-refractivity contribution < 1.29 is 23.5 Å². The Morgan fingerprint density at radius 3 is 2.32 bits per heavy atom. The van der Waals surface area contributed by atoms with Crippen molar-refractivity contribution in [2.75, 3.05) is 13.7 Å². The monoisotopic (exact) mass is 375 g/mol. The maximum atomic E-state index is 12.6. The first kappa shape index (κ1) is 17.7. The normalized spacial score (nSPS) is 12.3. The highest BCUT2D eigenvalue weighted by Gasteiger charge is 2.34. The van der Waals surface area contributed by atoms with E-state index in [9.17, 15) is 14.4 Å². The highest BCUT2D eigenvalue weighted by Crippen LogP contribution is 2.29. The lowest BCUT2D eigenvalue weighted by atomic mass is 9.89. The second-order valence-electron chi connectivity index (χ2n) is 6.41. The Labute approximate surface area is 161 Å². The van der Waals surface area contributed by atoms with Crippen LogP contribution in [0.1, 0.15) is 48.2 Å². The van der Waals surface area contributed by atoms with Crippen molar-refractivity contribution in [1.82, 2.24) is 5.32 Å². The number of ether oxygens (including phenoxy) is 1. The van der Waals surface area contributed by atoms with E-state index < -0.39 is 5.91 Å². The minimum absolute atomic E-state index is 0.0470. The van der Waals surface area contributed by atoms with Crippen LogP contribution in [-0.2, 0) is 6.42 Å². The summed E-state index contributed by atoms with van der Waals surface area (Å²) in [4.78, 5) is 37.5. The van der Waals surface area contributed by atoms with Gasteiger partial charge >= 0.3 is 0 Å². The van der Waals surface area contributed by atoms with Gasteiger partial charge < -0.3 is 14.5 Å². The zero-order chi connectivity index (χ0) is 19.7. The lowest BCUT2D eigenvalue weighted by molar-refractivity contribution is 0.0914. The summed E-state index contributed by atoms with van der Waals surface area (Å²) in [6, 6.07) is 15.5. The SMILES string of the molecule is COc1ccc(CCNC(=O)c2cc3c(o2)C(=O)c2ccccc2C3=O)cc1. The second kappa shape index (κ2) is 7.15. The number of carbonyl (C=O) groups is 3. The van der Waals surface area contributed by atoms with Crippen LogP contribution in [0.4, 0.5) is 0 Å². The van der Waals surface area contributed by atoms with Gasteiger partial charge in [-0.25, -0.2) is 0 Å². The first-order valence-corrected chi connectivity index (χ1v) is 8.82. The standard InChI is InChI=1S/C22H17NO5/c1-27-14-8-6-13(7-9-14)10-11-23-22(26)18-12-17-19(24)15-4-2-3-5-16(15)20(25)21(17)28-18/h2-9,12H,10-11H2,1H3,(H,23,26). The van der Waals surface area contributed by atoms with Gasteiger partial charge in [0.25, 0.3) is 5.91 Å². The average Bonchev–Trinajstić information content (AvgIpc) is 3.19. The quantitative estimate of drug-likeness (QED) is 0.579. The highest BCUT2D eigenvalue weighted by atomic mass is 16.5. The van der Waals surface area contributed by atoms with Crippen LogP contribution >= 0.6 is 0 Å². The number of rotatable bonds is 5. The van der Waals surface area contributed by atoms with E-state index in [1.54, 1.807) is 31.4 Å². The minimum Gasteiger partial charge on any atom is -0.497 e. The Bertz CT molecular complexity index is 1030. The molecule has 3 aromatic rings. The molecule has 0 aliphatic heterocycles. The Balaban J connectivity index is 1.46. The summed E-state index contributed by atoms with van der Waals surface area (Å²) in [5, 5.41) is 2.75. The average molecular weight is 375 g/mol. The number of hydrogen-bond donors (Lipinski definition) is 1. The van der Waals surface area contributed by atoms with Crippen LogP contribution in [0.3, 0.4) is 0 Å². The summed E-state index contributed by atoms with van der Waals surface area (Å²) in [6.07, 6.45) is 0.624. The van der Waals surface area contributed by atoms with Gasteiger partial charge in [-0.2, -0.15) is 0 Å². The molecule has 1 aliphatic carbocycles. The number of fused-ring (bicyclic) bond motifs is 2. The maximum absolute atomic E-state index is 12.6. The van der Waals surface area contributed by atoms with Crippen LogP contribution in [0, 0.1) is 0 Å². The van der Waals surface area contributed by atoms with E-state index in [0.717, 1.165) is 11.3 Å². The van der Waals surface area contributed by atoms with Crippen LogP contribution in [0.5, 0.6) is 5.75 Å². The Morgan fingerprint density at radius 2 is 1.64 bits per heavy atom. The van der Waals surface area contributed by atoms with Crippen molar-refractivity contribution >= 4 is 17.5 Å². The van der Waals surface area contributed by atoms with E-state index in [1.165, 1.54) is 6.07 Å². The topological polar surface area (TPSA) is 85.6 Å². The zero-order valence-corrected chi connectivity index (χ0v) is 15.2. The van der Waals surface area contributed by atoms with Crippen molar-refractivity contribution in [2.45, 2.75) is 6.42 Å². The maximum Gasteiger partial charge on any atom is 0.287 e. The molecule has 0 bridgehead atoms. The van der Waals surface area contributed by atoms with Gasteiger partial charge in [0.1, 0.15) is 5.75 Å². The molecular weight excluding hydrogens is 358 g/mol. The summed E-state index contributed by atoms with van der Waals surface area (Å²) >= 11 is 0. The van der Waals surface area contributed by atoms with Gasteiger partial charge in [0.2, 0.25) is 5.78 Å². The second-order valence-corrected chi connectivity index (χ2v) is 6.41. The first-order valence-electron chi connectivity index (χ1n) is 8.82. The molecule has 0 atom stereocenters. The number of benzene rings is 2. The molecule has 0 unspecified atom stereocenters. The fraction of sp³-hybridized carbons (Fsp3) is 0.136. The number of nitrogens with one attached hydrogen (secondary N) is 1. The number of amides is 1. The molecule has 6 heteroatoms. The largest absolute Gasteiger partial charge is 0.497 e. The highest BCUT2D eigenvalue weighted by molar-refractivity contribution is 6.27. The summed E-state index contributed by atoms with van der Waals surface area (Å²) in [6.45, 7) is 0.388. The van der Waals surface area contributed by atoms with Gasteiger partial charge in [-0.15, -0.1) is 0 Å². The molecule has 2 aromatic carbocycles. The first-order chi connectivity index (χ1) is 13.6. The van der Waals surface area contributed by atoms with E-state index in [0.29, 0.717) is 24.1 Å². The molecule has 0 saturated heterocycles. The Hall–Kier alpha value is -3.67. The third-order valence-electron chi connectivity index (χ3n) is 4.68. The van der Waals surface area contributed by atoms with E-state index in [2.05, 4.69) is 5.32 Å². The molecule has 0 spiro atoms. The number of furan rings is 1. The van der Waals surface area contributed by atoms with Crippen molar-refractivity contribution in [3.63, 3.8) is 0 Å². The van der Waals surface area contributed by atoms with Crippen LogP contribution in [0.2, 0.25) is 0 Å². The molecule has 140 valence electrons. The van der Waals surface area contributed by atoms with Crippen molar-refractivity contribution in [1.29, 1.82) is 0 Å². The summed E-state index contributed by atoms with van der Waals surface area (Å²) in [7, 11) is 1.60. The van der Waals surface area contributed by atoms with E-state index in [-0.39, 0.29) is 28.7 Å². The molecule has 4 rings (SSSR count). The van der Waals surface area contributed by atoms with Gasteiger partial charge in [-0.1, -0.05) is 36.4 Å². The molecule has 28 heavy (non-hydrogen) atoms.